The second kappa shape index (κ2) is 9.00. The molecular weight excluding hydrogens is 426 g/mol. The number of amides is 5. The first-order valence-corrected chi connectivity index (χ1v) is 9.52. The standard InChI is InChI=1S/C21H20F2N4O5/c1-12(32-16-6-4-3-5-15(16)23)18(29)26-25-17(28)11-27-19(30)21(2,24-20(27)31)13-7-9-14(22)10-8-13/h3-10,12H,11H2,1-2H3,(H,24,31)(H,25,28)(H,26,29). The normalized spacial score (nSPS) is 18.7. The SMILES string of the molecule is CC(Oc1ccccc1F)C(=O)NNC(=O)CN1C(=O)NC(C)(c2ccc(F)cc2)C1=O. The summed E-state index contributed by atoms with van der Waals surface area (Å²) in [5.41, 5.74) is 3.02. The number of hydrazine groups is 1. The highest BCUT2D eigenvalue weighted by molar-refractivity contribution is 6.09. The maximum Gasteiger partial charge on any atom is 0.325 e. The zero-order valence-corrected chi connectivity index (χ0v) is 17.1. The Morgan fingerprint density at radius 1 is 1.09 bits per heavy atom. The Kier molecular flexibility index (Phi) is 6.37. The molecule has 1 aliphatic heterocycles. The average Bonchev–Trinajstić information content (AvgIpc) is 2.97. The molecular formula is C21H20F2N4O5. The van der Waals surface area contributed by atoms with Crippen LogP contribution in [0.4, 0.5) is 13.6 Å². The zero-order valence-electron chi connectivity index (χ0n) is 17.1. The lowest BCUT2D eigenvalue weighted by Crippen LogP contribution is -2.51. The van der Waals surface area contributed by atoms with E-state index in [2.05, 4.69) is 16.2 Å². The molecule has 11 heteroatoms. The molecule has 2 aromatic rings. The second-order valence-electron chi connectivity index (χ2n) is 7.18. The number of hydrogen-bond donors (Lipinski definition) is 3. The Balaban J connectivity index is 1.56. The predicted octanol–water partition coefficient (Wildman–Crippen LogP) is 1.35. The van der Waals surface area contributed by atoms with Gasteiger partial charge in [-0.1, -0.05) is 24.3 Å². The Hall–Kier alpha value is -4.02. The number of carbonyl (C=O) groups excluding carboxylic acids is 4. The van der Waals surface area contributed by atoms with Crippen molar-refractivity contribution in [3.8, 4) is 5.75 Å². The molecule has 0 spiro atoms. The van der Waals surface area contributed by atoms with Crippen LogP contribution in [0.15, 0.2) is 48.5 Å². The zero-order chi connectivity index (χ0) is 23.5. The van der Waals surface area contributed by atoms with Crippen molar-refractivity contribution in [2.45, 2.75) is 25.5 Å². The first-order valence-electron chi connectivity index (χ1n) is 9.52. The molecule has 0 radical (unpaired) electrons. The molecule has 3 rings (SSSR count). The maximum atomic E-state index is 13.6. The average molecular weight is 446 g/mol. The van der Waals surface area contributed by atoms with E-state index in [9.17, 15) is 28.0 Å². The minimum absolute atomic E-state index is 0.138. The van der Waals surface area contributed by atoms with E-state index in [1.165, 1.54) is 50.2 Å². The molecule has 9 nitrogen and oxygen atoms in total. The highest BCUT2D eigenvalue weighted by Crippen LogP contribution is 2.28. The van der Waals surface area contributed by atoms with Crippen LogP contribution in [-0.4, -0.2) is 41.3 Å². The van der Waals surface area contributed by atoms with Crippen molar-refractivity contribution in [1.82, 2.24) is 21.1 Å². The maximum absolute atomic E-state index is 13.6. The first-order chi connectivity index (χ1) is 15.1. The number of ether oxygens (including phenoxy) is 1. The number of hydrogen-bond acceptors (Lipinski definition) is 5. The number of benzene rings is 2. The molecule has 2 unspecified atom stereocenters. The lowest BCUT2D eigenvalue weighted by atomic mass is 9.92. The van der Waals surface area contributed by atoms with E-state index in [-0.39, 0.29) is 5.75 Å². The second-order valence-corrected chi connectivity index (χ2v) is 7.18. The lowest BCUT2D eigenvalue weighted by Gasteiger charge is -2.22. The van der Waals surface area contributed by atoms with Crippen molar-refractivity contribution in [2.24, 2.45) is 0 Å². The molecule has 2 atom stereocenters. The van der Waals surface area contributed by atoms with Gasteiger partial charge in [0.15, 0.2) is 17.7 Å². The highest BCUT2D eigenvalue weighted by Gasteiger charge is 2.49. The van der Waals surface area contributed by atoms with Crippen molar-refractivity contribution in [3.63, 3.8) is 0 Å². The van der Waals surface area contributed by atoms with Crippen molar-refractivity contribution in [3.05, 3.63) is 65.7 Å². The molecule has 32 heavy (non-hydrogen) atoms. The van der Waals surface area contributed by atoms with Gasteiger partial charge in [-0.3, -0.25) is 30.1 Å². The number of urea groups is 1. The fraction of sp³-hybridized carbons (Fsp3) is 0.238. The van der Waals surface area contributed by atoms with Gasteiger partial charge in [-0.25, -0.2) is 13.6 Å². The molecule has 2 aromatic carbocycles. The summed E-state index contributed by atoms with van der Waals surface area (Å²) >= 11 is 0. The van der Waals surface area contributed by atoms with Crippen molar-refractivity contribution in [1.29, 1.82) is 0 Å². The van der Waals surface area contributed by atoms with Crippen LogP contribution in [0, 0.1) is 11.6 Å². The number of nitrogens with one attached hydrogen (secondary N) is 3. The van der Waals surface area contributed by atoms with Crippen LogP contribution < -0.4 is 20.9 Å². The molecule has 0 aromatic heterocycles. The molecule has 5 amide bonds. The van der Waals surface area contributed by atoms with Gasteiger partial charge in [0.25, 0.3) is 17.7 Å². The summed E-state index contributed by atoms with van der Waals surface area (Å²) in [7, 11) is 0. The van der Waals surface area contributed by atoms with Gasteiger partial charge in [-0.15, -0.1) is 0 Å². The number of imide groups is 1. The quantitative estimate of drug-likeness (QED) is 0.458. The van der Waals surface area contributed by atoms with Crippen molar-refractivity contribution < 1.29 is 32.7 Å². The Bertz CT molecular complexity index is 1060. The number of carbonyl (C=O) groups is 4. The molecule has 1 fully saturated rings. The summed E-state index contributed by atoms with van der Waals surface area (Å²) in [6, 6.07) is 9.69. The molecule has 1 heterocycles. The van der Waals surface area contributed by atoms with Crippen LogP contribution in [0.5, 0.6) is 5.75 Å². The number of nitrogens with zero attached hydrogens (tertiary/aromatic N) is 1. The van der Waals surface area contributed by atoms with Crippen LogP contribution in [0.2, 0.25) is 0 Å². The Morgan fingerprint density at radius 2 is 1.75 bits per heavy atom. The smallest absolute Gasteiger partial charge is 0.325 e. The summed E-state index contributed by atoms with van der Waals surface area (Å²) < 4.78 is 32.0. The highest BCUT2D eigenvalue weighted by atomic mass is 19.1. The summed E-state index contributed by atoms with van der Waals surface area (Å²) in [6.07, 6.45) is -1.15. The fourth-order valence-electron chi connectivity index (χ4n) is 3.02. The van der Waals surface area contributed by atoms with E-state index in [1.807, 2.05) is 0 Å². The molecule has 1 saturated heterocycles. The van der Waals surface area contributed by atoms with Crippen molar-refractivity contribution in [2.75, 3.05) is 6.54 Å². The van der Waals surface area contributed by atoms with Gasteiger partial charge in [0.2, 0.25) is 0 Å². The van der Waals surface area contributed by atoms with Gasteiger partial charge in [-0.2, -0.15) is 0 Å². The third-order valence-electron chi connectivity index (χ3n) is 4.83. The van der Waals surface area contributed by atoms with Crippen LogP contribution in [0.25, 0.3) is 0 Å². The van der Waals surface area contributed by atoms with Gasteiger partial charge >= 0.3 is 6.03 Å². The molecule has 0 bridgehead atoms. The minimum Gasteiger partial charge on any atom is -0.478 e. The third kappa shape index (κ3) is 4.66. The van der Waals surface area contributed by atoms with E-state index in [0.717, 1.165) is 12.1 Å². The largest absolute Gasteiger partial charge is 0.478 e. The number of rotatable bonds is 6. The predicted molar refractivity (Wildman–Crippen MR) is 107 cm³/mol. The summed E-state index contributed by atoms with van der Waals surface area (Å²) in [5, 5.41) is 2.48. The van der Waals surface area contributed by atoms with Gasteiger partial charge < -0.3 is 10.1 Å². The lowest BCUT2D eigenvalue weighted by molar-refractivity contribution is -0.136. The van der Waals surface area contributed by atoms with E-state index in [1.54, 1.807) is 0 Å². The molecule has 1 aliphatic rings. The van der Waals surface area contributed by atoms with Crippen LogP contribution in [-0.2, 0) is 19.9 Å². The monoisotopic (exact) mass is 446 g/mol. The fourth-order valence-corrected chi connectivity index (χ4v) is 3.02. The molecule has 3 N–H and O–H groups in total. The van der Waals surface area contributed by atoms with Crippen molar-refractivity contribution >= 4 is 23.8 Å². The van der Waals surface area contributed by atoms with E-state index in [0.29, 0.717) is 10.5 Å². The Labute approximate surface area is 181 Å². The first kappa shape index (κ1) is 22.7. The van der Waals surface area contributed by atoms with E-state index in [4.69, 9.17) is 4.74 Å². The molecule has 0 aliphatic carbocycles. The van der Waals surface area contributed by atoms with Crippen LogP contribution in [0.3, 0.4) is 0 Å². The van der Waals surface area contributed by atoms with Gasteiger partial charge in [0.05, 0.1) is 0 Å². The minimum atomic E-state index is -1.48. The summed E-state index contributed by atoms with van der Waals surface area (Å²) in [5.74, 6) is -3.65. The molecule has 0 saturated carbocycles. The van der Waals surface area contributed by atoms with Crippen LogP contribution >= 0.6 is 0 Å². The van der Waals surface area contributed by atoms with E-state index >= 15 is 0 Å². The molecule has 168 valence electrons. The summed E-state index contributed by atoms with van der Waals surface area (Å²) in [4.78, 5) is 49.9. The van der Waals surface area contributed by atoms with Gasteiger partial charge in [-0.05, 0) is 43.7 Å². The number of halogens is 2. The van der Waals surface area contributed by atoms with Gasteiger partial charge in [0.1, 0.15) is 17.9 Å². The van der Waals surface area contributed by atoms with Crippen LogP contribution in [0.1, 0.15) is 19.4 Å². The third-order valence-corrected chi connectivity index (χ3v) is 4.83. The number of para-hydroxylation sites is 1. The van der Waals surface area contributed by atoms with Gasteiger partial charge in [0, 0.05) is 0 Å². The summed E-state index contributed by atoms with van der Waals surface area (Å²) in [6.45, 7) is 2.10. The topological polar surface area (TPSA) is 117 Å². The van der Waals surface area contributed by atoms with E-state index < -0.39 is 53.6 Å². The Morgan fingerprint density at radius 3 is 2.41 bits per heavy atom.